The van der Waals surface area contributed by atoms with Gasteiger partial charge in [0.05, 0.1) is 15.5 Å². The summed E-state index contributed by atoms with van der Waals surface area (Å²) in [6, 6.07) is 10.4. The van der Waals surface area contributed by atoms with Crippen LogP contribution in [0.25, 0.3) is 0 Å². The highest BCUT2D eigenvalue weighted by Crippen LogP contribution is 2.20. The molecule has 0 aromatic heterocycles. The Labute approximate surface area is 136 Å². The predicted molar refractivity (Wildman–Crippen MR) is 83.9 cm³/mol. The van der Waals surface area contributed by atoms with Gasteiger partial charge in [-0.15, -0.1) is 0 Å². The molecule has 0 amide bonds. The number of hydrogen-bond acceptors (Lipinski definition) is 5. The summed E-state index contributed by atoms with van der Waals surface area (Å²) in [7, 11) is 0. The molecule has 118 valence electrons. The number of ketones is 1. The van der Waals surface area contributed by atoms with Gasteiger partial charge in [-0.3, -0.25) is 14.9 Å². The highest BCUT2D eigenvalue weighted by molar-refractivity contribution is 6.34. The predicted octanol–water partition coefficient (Wildman–Crippen LogP) is 3.60. The second-order valence-electron chi connectivity index (χ2n) is 4.74. The zero-order chi connectivity index (χ0) is 17.0. The largest absolute Gasteiger partial charge is 0.454 e. The Hall–Kier alpha value is -2.73. The first-order chi connectivity index (χ1) is 10.9. The Morgan fingerprint density at radius 1 is 1.22 bits per heavy atom. The summed E-state index contributed by atoms with van der Waals surface area (Å²) in [5.74, 6) is -1.26. The topological polar surface area (TPSA) is 86.5 Å². The van der Waals surface area contributed by atoms with Crippen LogP contribution in [-0.2, 0) is 4.74 Å². The van der Waals surface area contributed by atoms with Gasteiger partial charge in [-0.1, -0.05) is 29.8 Å². The third-order valence-corrected chi connectivity index (χ3v) is 3.48. The summed E-state index contributed by atoms with van der Waals surface area (Å²) in [5.41, 5.74) is 0.502. The van der Waals surface area contributed by atoms with E-state index in [1.54, 1.807) is 25.1 Å². The number of ether oxygens (including phenoxy) is 1. The molecule has 0 aliphatic rings. The highest BCUT2D eigenvalue weighted by Gasteiger charge is 2.18. The van der Waals surface area contributed by atoms with Crippen molar-refractivity contribution in [3.63, 3.8) is 0 Å². The van der Waals surface area contributed by atoms with Crippen molar-refractivity contribution in [2.75, 3.05) is 6.61 Å². The lowest BCUT2D eigenvalue weighted by Crippen LogP contribution is -2.14. The van der Waals surface area contributed by atoms with Crippen LogP contribution in [0.15, 0.2) is 42.5 Å². The van der Waals surface area contributed by atoms with Crippen molar-refractivity contribution in [2.45, 2.75) is 6.92 Å². The van der Waals surface area contributed by atoms with E-state index in [-0.39, 0.29) is 21.8 Å². The van der Waals surface area contributed by atoms with E-state index in [2.05, 4.69) is 0 Å². The first-order valence-corrected chi connectivity index (χ1v) is 6.98. The Morgan fingerprint density at radius 3 is 2.57 bits per heavy atom. The van der Waals surface area contributed by atoms with E-state index in [0.717, 1.165) is 6.07 Å². The summed E-state index contributed by atoms with van der Waals surface area (Å²) in [4.78, 5) is 34.2. The van der Waals surface area contributed by atoms with Crippen molar-refractivity contribution in [1.29, 1.82) is 0 Å². The molecule has 0 fully saturated rings. The van der Waals surface area contributed by atoms with Gasteiger partial charge in [0.2, 0.25) is 5.78 Å². The van der Waals surface area contributed by atoms with Crippen LogP contribution in [0.1, 0.15) is 26.3 Å². The summed E-state index contributed by atoms with van der Waals surface area (Å²) in [5, 5.41) is 11.1. The number of carbonyl (C=O) groups excluding carboxylic acids is 2. The van der Waals surface area contributed by atoms with Gasteiger partial charge >= 0.3 is 5.97 Å². The molecular weight excluding hydrogens is 322 g/mol. The molecule has 23 heavy (non-hydrogen) atoms. The molecule has 0 heterocycles. The number of halogens is 1. The van der Waals surface area contributed by atoms with Crippen molar-refractivity contribution in [3.05, 3.63) is 74.3 Å². The van der Waals surface area contributed by atoms with Crippen LogP contribution >= 0.6 is 11.6 Å². The van der Waals surface area contributed by atoms with Gasteiger partial charge in [0, 0.05) is 17.2 Å². The van der Waals surface area contributed by atoms with Gasteiger partial charge in [0.1, 0.15) is 0 Å². The molecule has 0 atom stereocenters. The van der Waals surface area contributed by atoms with E-state index in [0.29, 0.717) is 5.56 Å². The number of nitro benzene ring substituents is 1. The van der Waals surface area contributed by atoms with E-state index in [4.69, 9.17) is 16.3 Å². The molecule has 7 heteroatoms. The lowest BCUT2D eigenvalue weighted by molar-refractivity contribution is -0.385. The molecule has 0 N–H and O–H groups in total. The van der Waals surface area contributed by atoms with Crippen LogP contribution in [0.2, 0.25) is 5.02 Å². The maximum Gasteiger partial charge on any atom is 0.338 e. The van der Waals surface area contributed by atoms with E-state index in [9.17, 15) is 19.7 Å². The van der Waals surface area contributed by atoms with Crippen molar-refractivity contribution in [2.24, 2.45) is 0 Å². The Bertz CT molecular complexity index is 788. The maximum absolute atomic E-state index is 12.0. The number of benzene rings is 2. The zero-order valence-corrected chi connectivity index (χ0v) is 12.9. The molecule has 6 nitrogen and oxygen atoms in total. The third kappa shape index (κ3) is 3.92. The molecule has 0 spiro atoms. The SMILES string of the molecule is Cc1ccc(C(=O)OCC(=O)c2ccccc2Cl)cc1[N+](=O)[O-]. The lowest BCUT2D eigenvalue weighted by atomic mass is 10.1. The first-order valence-electron chi connectivity index (χ1n) is 6.60. The minimum Gasteiger partial charge on any atom is -0.454 e. The summed E-state index contributed by atoms with van der Waals surface area (Å²) >= 11 is 5.89. The monoisotopic (exact) mass is 333 g/mol. The molecule has 0 radical (unpaired) electrons. The minimum absolute atomic E-state index is 0.00857. The fourth-order valence-corrected chi connectivity index (χ4v) is 2.15. The quantitative estimate of drug-likeness (QED) is 0.361. The molecule has 0 unspecified atom stereocenters. The van der Waals surface area contributed by atoms with Crippen molar-refractivity contribution < 1.29 is 19.2 Å². The van der Waals surface area contributed by atoms with Gasteiger partial charge in [-0.25, -0.2) is 4.79 Å². The second-order valence-corrected chi connectivity index (χ2v) is 5.14. The fraction of sp³-hybridized carbons (Fsp3) is 0.125. The van der Waals surface area contributed by atoms with Crippen LogP contribution in [0.5, 0.6) is 0 Å². The van der Waals surface area contributed by atoms with Crippen molar-refractivity contribution in [3.8, 4) is 0 Å². The van der Waals surface area contributed by atoms with E-state index >= 15 is 0 Å². The van der Waals surface area contributed by atoms with Crippen LogP contribution < -0.4 is 0 Å². The summed E-state index contributed by atoms with van der Waals surface area (Å²) in [6.45, 7) is 1.07. The van der Waals surface area contributed by atoms with Gasteiger partial charge in [0.25, 0.3) is 5.69 Å². The number of esters is 1. The minimum atomic E-state index is -0.812. The smallest absolute Gasteiger partial charge is 0.338 e. The highest BCUT2D eigenvalue weighted by atomic mass is 35.5. The molecule has 0 aliphatic carbocycles. The van der Waals surface area contributed by atoms with Gasteiger partial charge in [-0.2, -0.15) is 0 Å². The first kappa shape index (κ1) is 16.6. The number of aryl methyl sites for hydroxylation is 1. The molecular formula is C16H12ClNO5. The zero-order valence-electron chi connectivity index (χ0n) is 12.1. The van der Waals surface area contributed by atoms with Gasteiger partial charge in [-0.05, 0) is 25.1 Å². The van der Waals surface area contributed by atoms with Crippen LogP contribution in [0, 0.1) is 17.0 Å². The van der Waals surface area contributed by atoms with Gasteiger partial charge in [0.15, 0.2) is 6.61 Å². The fourth-order valence-electron chi connectivity index (χ4n) is 1.91. The average Bonchev–Trinajstić information content (AvgIpc) is 2.52. The molecule has 2 rings (SSSR count). The van der Waals surface area contributed by atoms with Crippen molar-refractivity contribution in [1.82, 2.24) is 0 Å². The van der Waals surface area contributed by atoms with Crippen LogP contribution in [-0.4, -0.2) is 23.3 Å². The Kier molecular flexibility index (Phi) is 5.08. The molecule has 0 saturated carbocycles. The number of hydrogen-bond donors (Lipinski definition) is 0. The number of Topliss-reactive ketones (excluding diaryl/α,β-unsaturated/α-hetero) is 1. The molecule has 0 bridgehead atoms. The molecule has 2 aromatic rings. The van der Waals surface area contributed by atoms with Gasteiger partial charge < -0.3 is 4.74 Å². The van der Waals surface area contributed by atoms with E-state index in [1.807, 2.05) is 0 Å². The molecule has 2 aromatic carbocycles. The maximum atomic E-state index is 12.0. The number of nitrogens with zero attached hydrogens (tertiary/aromatic N) is 1. The number of carbonyl (C=O) groups is 2. The van der Waals surface area contributed by atoms with Crippen LogP contribution in [0.4, 0.5) is 5.69 Å². The van der Waals surface area contributed by atoms with E-state index in [1.165, 1.54) is 18.2 Å². The Balaban J connectivity index is 2.08. The number of nitro groups is 1. The van der Waals surface area contributed by atoms with Crippen molar-refractivity contribution >= 4 is 29.0 Å². The average molecular weight is 334 g/mol. The normalized spacial score (nSPS) is 10.2. The Morgan fingerprint density at radius 2 is 1.91 bits per heavy atom. The lowest BCUT2D eigenvalue weighted by Gasteiger charge is -2.06. The number of rotatable bonds is 5. The molecule has 0 saturated heterocycles. The summed E-state index contributed by atoms with van der Waals surface area (Å²) < 4.78 is 4.90. The van der Waals surface area contributed by atoms with E-state index < -0.39 is 23.3 Å². The third-order valence-electron chi connectivity index (χ3n) is 3.15. The second kappa shape index (κ2) is 7.02. The van der Waals surface area contributed by atoms with Crippen LogP contribution in [0.3, 0.4) is 0 Å². The summed E-state index contributed by atoms with van der Waals surface area (Å²) in [6.07, 6.45) is 0. The standard InChI is InChI=1S/C16H12ClNO5/c1-10-6-7-11(8-14(10)18(21)22)16(20)23-9-15(19)12-4-2-3-5-13(12)17/h2-8H,9H2,1H3. The molecule has 0 aliphatic heterocycles.